The molecule has 1 aromatic carbocycles. The van der Waals surface area contributed by atoms with Gasteiger partial charge in [0.2, 0.25) is 0 Å². The molecule has 4 aromatic rings. The second-order valence-corrected chi connectivity index (χ2v) is 6.73. The van der Waals surface area contributed by atoms with E-state index in [9.17, 15) is 0 Å². The number of nitriles is 1. The topological polar surface area (TPSA) is 92.3 Å². The van der Waals surface area contributed by atoms with Gasteiger partial charge in [0.15, 0.2) is 0 Å². The van der Waals surface area contributed by atoms with Crippen LogP contribution in [0.25, 0.3) is 21.9 Å². The van der Waals surface area contributed by atoms with Crippen LogP contribution in [0, 0.1) is 11.3 Å². The minimum Gasteiger partial charge on any atom is -0.361 e. The number of anilines is 2. The van der Waals surface area contributed by atoms with Crippen molar-refractivity contribution in [2.75, 3.05) is 18.4 Å². The Kier molecular flexibility index (Phi) is 3.40. The molecular formula is C20H18N6. The van der Waals surface area contributed by atoms with Crippen LogP contribution in [-0.4, -0.2) is 28.0 Å². The van der Waals surface area contributed by atoms with E-state index < -0.39 is 0 Å². The lowest BCUT2D eigenvalue weighted by molar-refractivity contribution is 0.769. The number of pyridine rings is 1. The first-order valence-electron chi connectivity index (χ1n) is 8.79. The van der Waals surface area contributed by atoms with Gasteiger partial charge in [0.05, 0.1) is 5.56 Å². The van der Waals surface area contributed by atoms with Crippen molar-refractivity contribution in [2.45, 2.75) is 12.3 Å². The monoisotopic (exact) mass is 342 g/mol. The molecule has 1 aliphatic heterocycles. The number of hydrogen-bond donors (Lipinski definition) is 4. The number of aromatic nitrogens is 3. The zero-order valence-electron chi connectivity index (χ0n) is 14.1. The maximum atomic E-state index is 9.09. The highest BCUT2D eigenvalue weighted by Crippen LogP contribution is 2.31. The van der Waals surface area contributed by atoms with Gasteiger partial charge >= 0.3 is 0 Å². The fourth-order valence-electron chi connectivity index (χ4n) is 3.80. The molecule has 1 saturated heterocycles. The van der Waals surface area contributed by atoms with Crippen LogP contribution in [0.2, 0.25) is 0 Å². The Morgan fingerprint density at radius 1 is 1.12 bits per heavy atom. The molecule has 0 saturated carbocycles. The molecule has 1 aliphatic rings. The standard InChI is InChI=1S/C20H18N6/c21-8-13-10-24-20-15(13)3-4-19(26-20)25-14-1-2-16-17(11-23-18(16)7-14)12-5-6-22-9-12/h1-4,7,10-12,22-23H,5-6,9H2,(H2,24,25,26). The Morgan fingerprint density at radius 3 is 2.88 bits per heavy atom. The van der Waals surface area contributed by atoms with Crippen LogP contribution >= 0.6 is 0 Å². The molecule has 1 unspecified atom stereocenters. The third-order valence-electron chi connectivity index (χ3n) is 5.15. The minimum absolute atomic E-state index is 0.592. The van der Waals surface area contributed by atoms with Crippen LogP contribution in [0.4, 0.5) is 11.5 Å². The summed E-state index contributed by atoms with van der Waals surface area (Å²) in [5.41, 5.74) is 4.83. The normalized spacial score (nSPS) is 17.0. The number of nitrogens with zero attached hydrogens (tertiary/aromatic N) is 2. The predicted octanol–water partition coefficient (Wildman–Crippen LogP) is 3.74. The summed E-state index contributed by atoms with van der Waals surface area (Å²) >= 11 is 0. The van der Waals surface area contributed by atoms with Crippen molar-refractivity contribution in [2.24, 2.45) is 0 Å². The van der Waals surface area contributed by atoms with Crippen molar-refractivity contribution in [1.29, 1.82) is 5.26 Å². The van der Waals surface area contributed by atoms with Gasteiger partial charge in [0.25, 0.3) is 0 Å². The zero-order chi connectivity index (χ0) is 17.5. The molecule has 1 atom stereocenters. The SMILES string of the molecule is N#Cc1c[nH]c2nc(Nc3ccc4c(C5CCNC5)c[nH]c4c3)ccc12. The fourth-order valence-corrected chi connectivity index (χ4v) is 3.80. The third kappa shape index (κ3) is 2.41. The maximum Gasteiger partial charge on any atom is 0.141 e. The van der Waals surface area contributed by atoms with E-state index in [1.165, 1.54) is 17.4 Å². The van der Waals surface area contributed by atoms with Crippen LogP contribution in [0.15, 0.2) is 42.7 Å². The van der Waals surface area contributed by atoms with Gasteiger partial charge in [-0.15, -0.1) is 0 Å². The van der Waals surface area contributed by atoms with Crippen LogP contribution in [0.5, 0.6) is 0 Å². The number of H-pyrrole nitrogens is 2. The van der Waals surface area contributed by atoms with Crippen LogP contribution < -0.4 is 10.6 Å². The van der Waals surface area contributed by atoms with Crippen LogP contribution in [-0.2, 0) is 0 Å². The van der Waals surface area contributed by atoms with Crippen molar-refractivity contribution in [3.63, 3.8) is 0 Å². The molecule has 0 amide bonds. The molecule has 0 spiro atoms. The van der Waals surface area contributed by atoms with E-state index in [1.807, 2.05) is 12.1 Å². The lowest BCUT2D eigenvalue weighted by atomic mass is 9.98. The van der Waals surface area contributed by atoms with Crippen molar-refractivity contribution in [3.8, 4) is 6.07 Å². The predicted molar refractivity (Wildman–Crippen MR) is 103 cm³/mol. The number of aromatic amines is 2. The lowest BCUT2D eigenvalue weighted by Crippen LogP contribution is -2.07. The smallest absolute Gasteiger partial charge is 0.141 e. The largest absolute Gasteiger partial charge is 0.361 e. The molecule has 0 aliphatic carbocycles. The average molecular weight is 342 g/mol. The Morgan fingerprint density at radius 2 is 2.04 bits per heavy atom. The first-order chi connectivity index (χ1) is 12.8. The summed E-state index contributed by atoms with van der Waals surface area (Å²) in [5, 5.41) is 18.0. The highest BCUT2D eigenvalue weighted by molar-refractivity contribution is 5.88. The summed E-state index contributed by atoms with van der Waals surface area (Å²) in [6.07, 6.45) is 5.02. The summed E-state index contributed by atoms with van der Waals surface area (Å²) < 4.78 is 0. The molecule has 5 rings (SSSR count). The van der Waals surface area contributed by atoms with Gasteiger partial charge in [-0.25, -0.2) is 4.98 Å². The van der Waals surface area contributed by atoms with E-state index in [1.54, 1.807) is 6.20 Å². The van der Waals surface area contributed by atoms with Gasteiger partial charge in [-0.3, -0.25) is 0 Å². The summed E-state index contributed by atoms with van der Waals surface area (Å²) in [4.78, 5) is 11.0. The summed E-state index contributed by atoms with van der Waals surface area (Å²) in [5.74, 6) is 1.34. The number of rotatable bonds is 3. The molecule has 26 heavy (non-hydrogen) atoms. The second kappa shape index (κ2) is 5.90. The molecular weight excluding hydrogens is 324 g/mol. The quantitative estimate of drug-likeness (QED) is 0.456. The highest BCUT2D eigenvalue weighted by Gasteiger charge is 2.19. The summed E-state index contributed by atoms with van der Waals surface area (Å²) in [7, 11) is 0. The van der Waals surface area contributed by atoms with E-state index in [0.717, 1.165) is 35.5 Å². The first-order valence-corrected chi connectivity index (χ1v) is 8.79. The Balaban J connectivity index is 1.45. The molecule has 0 radical (unpaired) electrons. The highest BCUT2D eigenvalue weighted by atomic mass is 15.0. The molecule has 1 fully saturated rings. The second-order valence-electron chi connectivity index (χ2n) is 6.73. The van der Waals surface area contributed by atoms with Gasteiger partial charge in [-0.05, 0) is 48.7 Å². The van der Waals surface area contributed by atoms with Crippen molar-refractivity contribution >= 4 is 33.4 Å². The van der Waals surface area contributed by atoms with Gasteiger partial charge in [0.1, 0.15) is 17.5 Å². The van der Waals surface area contributed by atoms with Crippen molar-refractivity contribution < 1.29 is 0 Å². The summed E-state index contributed by atoms with van der Waals surface area (Å²) in [6.45, 7) is 2.15. The molecule has 6 nitrogen and oxygen atoms in total. The van der Waals surface area contributed by atoms with E-state index in [-0.39, 0.29) is 0 Å². The minimum atomic E-state index is 0.592. The Labute approximate surface area is 150 Å². The van der Waals surface area contributed by atoms with Crippen molar-refractivity contribution in [3.05, 3.63) is 53.9 Å². The van der Waals surface area contributed by atoms with Crippen LogP contribution in [0.1, 0.15) is 23.5 Å². The van der Waals surface area contributed by atoms with Gasteiger partial charge in [-0.1, -0.05) is 6.07 Å². The number of fused-ring (bicyclic) bond motifs is 2. The van der Waals surface area contributed by atoms with Crippen LogP contribution in [0.3, 0.4) is 0 Å². The molecule has 4 heterocycles. The average Bonchev–Trinajstić information content (AvgIpc) is 3.39. The molecule has 0 bridgehead atoms. The third-order valence-corrected chi connectivity index (χ3v) is 5.15. The maximum absolute atomic E-state index is 9.09. The van der Waals surface area contributed by atoms with Crippen molar-refractivity contribution in [1.82, 2.24) is 20.3 Å². The van der Waals surface area contributed by atoms with Gasteiger partial charge < -0.3 is 20.6 Å². The lowest BCUT2D eigenvalue weighted by Gasteiger charge is -2.08. The number of benzene rings is 1. The van der Waals surface area contributed by atoms with Gasteiger partial charge in [-0.2, -0.15) is 5.26 Å². The Hall–Kier alpha value is -3.30. The fraction of sp³-hybridized carbons (Fsp3) is 0.200. The van der Waals surface area contributed by atoms with E-state index in [2.05, 4.69) is 56.1 Å². The van der Waals surface area contributed by atoms with Gasteiger partial charge in [0, 0.05) is 40.9 Å². The molecule has 6 heteroatoms. The zero-order valence-corrected chi connectivity index (χ0v) is 14.1. The molecule has 3 aromatic heterocycles. The summed E-state index contributed by atoms with van der Waals surface area (Å²) in [6, 6.07) is 12.3. The van der Waals surface area contributed by atoms with E-state index >= 15 is 0 Å². The number of hydrogen-bond acceptors (Lipinski definition) is 4. The molecule has 128 valence electrons. The molecule has 4 N–H and O–H groups in total. The first kappa shape index (κ1) is 15.0. The van der Waals surface area contributed by atoms with E-state index in [0.29, 0.717) is 17.1 Å². The number of nitrogens with one attached hydrogen (secondary N) is 4. The van der Waals surface area contributed by atoms with E-state index in [4.69, 9.17) is 5.26 Å². The Bertz CT molecular complexity index is 1140.